The first-order chi connectivity index (χ1) is 9.02. The Morgan fingerprint density at radius 3 is 2.58 bits per heavy atom. The molecule has 1 saturated heterocycles. The number of halogens is 3. The Bertz CT molecular complexity index is 490. The van der Waals surface area contributed by atoms with E-state index >= 15 is 0 Å². The third kappa shape index (κ3) is 3.27. The third-order valence-corrected chi connectivity index (χ3v) is 4.54. The van der Waals surface area contributed by atoms with E-state index < -0.39 is 5.82 Å². The molecule has 0 spiro atoms. The monoisotopic (exact) mass is 348 g/mol. The van der Waals surface area contributed by atoms with Gasteiger partial charge in [-0.2, -0.15) is 0 Å². The molecule has 0 N–H and O–H groups in total. The lowest BCUT2D eigenvalue weighted by Gasteiger charge is -2.34. The van der Waals surface area contributed by atoms with Crippen LogP contribution in [0.4, 0.5) is 4.39 Å². The molecule has 6 heteroatoms. The molecule has 0 radical (unpaired) electrons. The normalized spacial score (nSPS) is 16.7. The van der Waals surface area contributed by atoms with Crippen LogP contribution in [-0.2, 0) is 0 Å². The number of hydrogen-bond donors (Lipinski definition) is 0. The van der Waals surface area contributed by atoms with Crippen LogP contribution in [0, 0.1) is 5.82 Å². The lowest BCUT2D eigenvalue weighted by atomic mass is 10.1. The van der Waals surface area contributed by atoms with Crippen molar-refractivity contribution in [1.82, 2.24) is 9.80 Å². The zero-order valence-corrected chi connectivity index (χ0v) is 13.0. The van der Waals surface area contributed by atoms with E-state index in [1.54, 1.807) is 4.90 Å². The highest BCUT2D eigenvalue weighted by molar-refractivity contribution is 9.10. The molecule has 0 bridgehead atoms. The van der Waals surface area contributed by atoms with Gasteiger partial charge in [0.1, 0.15) is 5.82 Å². The fourth-order valence-corrected chi connectivity index (χ4v) is 2.62. The van der Waals surface area contributed by atoms with Crippen LogP contribution in [0.25, 0.3) is 0 Å². The first kappa shape index (κ1) is 14.8. The van der Waals surface area contributed by atoms with E-state index in [1.807, 2.05) is 0 Å². The van der Waals surface area contributed by atoms with E-state index in [-0.39, 0.29) is 16.5 Å². The summed E-state index contributed by atoms with van der Waals surface area (Å²) in [6.07, 6.45) is 0. The quantitative estimate of drug-likeness (QED) is 0.766. The van der Waals surface area contributed by atoms with E-state index in [9.17, 15) is 9.18 Å². The van der Waals surface area contributed by atoms with Crippen molar-refractivity contribution in [2.75, 3.05) is 32.7 Å². The number of hydrogen-bond acceptors (Lipinski definition) is 2. The molecule has 3 nitrogen and oxygen atoms in total. The van der Waals surface area contributed by atoms with Gasteiger partial charge in [-0.15, -0.1) is 0 Å². The van der Waals surface area contributed by atoms with Crippen LogP contribution in [0.15, 0.2) is 16.6 Å². The number of carbonyl (C=O) groups is 1. The molecule has 1 fully saturated rings. The Morgan fingerprint density at radius 2 is 2.00 bits per heavy atom. The van der Waals surface area contributed by atoms with Gasteiger partial charge in [0.05, 0.1) is 10.6 Å². The second kappa shape index (κ2) is 6.20. The van der Waals surface area contributed by atoms with Gasteiger partial charge < -0.3 is 9.80 Å². The maximum absolute atomic E-state index is 13.8. The van der Waals surface area contributed by atoms with Gasteiger partial charge in [-0.25, -0.2) is 4.39 Å². The van der Waals surface area contributed by atoms with Crippen molar-refractivity contribution in [1.29, 1.82) is 0 Å². The average molecular weight is 350 g/mol. The standard InChI is InChI=1S/C13H15BrClFN2O/c1-2-17-3-5-18(6-4-17)13(19)9-7-10(14)11(15)8-12(9)16/h7-8H,2-6H2,1H3. The van der Waals surface area contributed by atoms with Gasteiger partial charge in [-0.05, 0) is 34.6 Å². The second-order valence-corrected chi connectivity index (χ2v) is 5.73. The molecule has 19 heavy (non-hydrogen) atoms. The molecule has 1 aromatic carbocycles. The zero-order valence-electron chi connectivity index (χ0n) is 10.6. The molecule has 1 aliphatic heterocycles. The number of piperazine rings is 1. The largest absolute Gasteiger partial charge is 0.336 e. The van der Waals surface area contributed by atoms with Crippen LogP contribution in [0.2, 0.25) is 5.02 Å². The van der Waals surface area contributed by atoms with Gasteiger partial charge in [-0.3, -0.25) is 4.79 Å². The third-order valence-electron chi connectivity index (χ3n) is 3.35. The van der Waals surface area contributed by atoms with Crippen molar-refractivity contribution >= 4 is 33.4 Å². The molecule has 2 rings (SSSR count). The van der Waals surface area contributed by atoms with Crippen LogP contribution in [0.3, 0.4) is 0 Å². The summed E-state index contributed by atoms with van der Waals surface area (Å²) in [4.78, 5) is 16.2. The molecule has 0 aromatic heterocycles. The summed E-state index contributed by atoms with van der Waals surface area (Å²) in [5.41, 5.74) is 0.0706. The predicted octanol–water partition coefficient (Wildman–Crippen LogP) is 3.02. The topological polar surface area (TPSA) is 23.6 Å². The molecule has 0 aliphatic carbocycles. The summed E-state index contributed by atoms with van der Waals surface area (Å²) >= 11 is 9.01. The zero-order chi connectivity index (χ0) is 14.0. The highest BCUT2D eigenvalue weighted by atomic mass is 79.9. The molecule has 0 atom stereocenters. The van der Waals surface area contributed by atoms with Crippen LogP contribution < -0.4 is 0 Å². The molecule has 1 amide bonds. The molecule has 1 aromatic rings. The van der Waals surface area contributed by atoms with Crippen LogP contribution in [-0.4, -0.2) is 48.4 Å². The van der Waals surface area contributed by atoms with Crippen molar-refractivity contribution in [2.45, 2.75) is 6.92 Å². The van der Waals surface area contributed by atoms with Gasteiger partial charge in [0, 0.05) is 30.7 Å². The van der Waals surface area contributed by atoms with E-state index in [2.05, 4.69) is 27.8 Å². The summed E-state index contributed by atoms with van der Waals surface area (Å²) in [7, 11) is 0. The molecule has 104 valence electrons. The Balaban J connectivity index is 2.14. The number of amides is 1. The van der Waals surface area contributed by atoms with E-state index in [0.29, 0.717) is 17.6 Å². The maximum Gasteiger partial charge on any atom is 0.256 e. The van der Waals surface area contributed by atoms with Crippen molar-refractivity contribution in [3.05, 3.63) is 33.0 Å². The number of nitrogens with zero attached hydrogens (tertiary/aromatic N) is 2. The summed E-state index contributed by atoms with van der Waals surface area (Å²) < 4.78 is 14.3. The Kier molecular flexibility index (Phi) is 4.81. The van der Waals surface area contributed by atoms with Gasteiger partial charge in [0.15, 0.2) is 0 Å². The minimum Gasteiger partial charge on any atom is -0.336 e. The fourth-order valence-electron chi connectivity index (χ4n) is 2.12. The lowest BCUT2D eigenvalue weighted by Crippen LogP contribution is -2.48. The SMILES string of the molecule is CCN1CCN(C(=O)c2cc(Br)c(Cl)cc2F)CC1. The second-order valence-electron chi connectivity index (χ2n) is 4.47. The minimum atomic E-state index is -0.573. The van der Waals surface area contributed by atoms with Gasteiger partial charge in [0.2, 0.25) is 0 Å². The van der Waals surface area contributed by atoms with Crippen LogP contribution in [0.1, 0.15) is 17.3 Å². The van der Waals surface area contributed by atoms with E-state index in [0.717, 1.165) is 19.6 Å². The number of rotatable bonds is 2. The number of carbonyl (C=O) groups excluding carboxylic acids is 1. The number of likely N-dealkylation sites (N-methyl/N-ethyl adjacent to an activating group) is 1. The van der Waals surface area contributed by atoms with Gasteiger partial charge in [-0.1, -0.05) is 18.5 Å². The van der Waals surface area contributed by atoms with Gasteiger partial charge in [0.25, 0.3) is 5.91 Å². The first-order valence-corrected chi connectivity index (χ1v) is 7.36. The predicted molar refractivity (Wildman–Crippen MR) is 77.1 cm³/mol. The van der Waals surface area contributed by atoms with E-state index in [4.69, 9.17) is 11.6 Å². The van der Waals surface area contributed by atoms with Crippen LogP contribution >= 0.6 is 27.5 Å². The van der Waals surface area contributed by atoms with Crippen molar-refractivity contribution in [3.63, 3.8) is 0 Å². The van der Waals surface area contributed by atoms with Crippen LogP contribution in [0.5, 0.6) is 0 Å². The molecular formula is C13H15BrClFN2O. The van der Waals surface area contributed by atoms with Gasteiger partial charge >= 0.3 is 0 Å². The molecule has 1 heterocycles. The lowest BCUT2D eigenvalue weighted by molar-refractivity contribution is 0.0638. The van der Waals surface area contributed by atoms with Crippen molar-refractivity contribution in [3.8, 4) is 0 Å². The summed E-state index contributed by atoms with van der Waals surface area (Å²) in [6, 6.07) is 2.62. The summed E-state index contributed by atoms with van der Waals surface area (Å²) in [5, 5.41) is 0.268. The highest BCUT2D eigenvalue weighted by Crippen LogP contribution is 2.26. The molecule has 1 aliphatic rings. The summed E-state index contributed by atoms with van der Waals surface area (Å²) in [6.45, 7) is 5.99. The molecule has 0 unspecified atom stereocenters. The van der Waals surface area contributed by atoms with E-state index in [1.165, 1.54) is 12.1 Å². The summed E-state index contributed by atoms with van der Waals surface area (Å²) in [5.74, 6) is -0.846. The number of benzene rings is 1. The van der Waals surface area contributed by atoms with Crippen molar-refractivity contribution in [2.24, 2.45) is 0 Å². The Morgan fingerprint density at radius 1 is 1.37 bits per heavy atom. The Labute approximate surface area is 125 Å². The maximum atomic E-state index is 13.8. The highest BCUT2D eigenvalue weighted by Gasteiger charge is 2.24. The molecular weight excluding hydrogens is 335 g/mol. The average Bonchev–Trinajstić information content (AvgIpc) is 2.42. The minimum absolute atomic E-state index is 0.0706. The molecule has 0 saturated carbocycles. The fraction of sp³-hybridized carbons (Fsp3) is 0.462. The Hall–Kier alpha value is -0.650. The smallest absolute Gasteiger partial charge is 0.256 e. The first-order valence-electron chi connectivity index (χ1n) is 6.19. The van der Waals surface area contributed by atoms with Crippen molar-refractivity contribution < 1.29 is 9.18 Å².